The Morgan fingerprint density at radius 2 is 2.16 bits per heavy atom. The number of nitrogens with zero attached hydrogens (tertiary/aromatic N) is 1. The number of rotatable bonds is 2. The predicted molar refractivity (Wildman–Crippen MR) is 79.8 cm³/mol. The molecule has 0 aromatic carbocycles. The van der Waals surface area contributed by atoms with E-state index in [1.54, 1.807) is 6.08 Å². The fourth-order valence-electron chi connectivity index (χ4n) is 3.41. The van der Waals surface area contributed by atoms with Crippen molar-refractivity contribution in [1.29, 1.82) is 0 Å². The average Bonchev–Trinajstić information content (AvgIpc) is 2.74. The second-order valence-electron chi connectivity index (χ2n) is 6.94. The van der Waals surface area contributed by atoms with Crippen molar-refractivity contribution in [1.82, 2.24) is 4.90 Å². The van der Waals surface area contributed by atoms with Crippen LogP contribution < -0.4 is 0 Å². The van der Waals surface area contributed by atoms with E-state index in [0.29, 0.717) is 5.92 Å². The van der Waals surface area contributed by atoms with Crippen molar-refractivity contribution < 1.29 is 4.79 Å². The van der Waals surface area contributed by atoms with Gasteiger partial charge in [-0.2, -0.15) is 0 Å². The van der Waals surface area contributed by atoms with Gasteiger partial charge >= 0.3 is 0 Å². The van der Waals surface area contributed by atoms with Gasteiger partial charge in [-0.05, 0) is 49.5 Å². The number of amides is 1. The SMILES string of the molecule is CC1=C(/C=C/C(=O)N2CC[C@@H](C)C2)C(C)(C)CCC1. The van der Waals surface area contributed by atoms with Gasteiger partial charge in [-0.25, -0.2) is 0 Å². The first kappa shape index (κ1) is 14.4. The quantitative estimate of drug-likeness (QED) is 0.690. The van der Waals surface area contributed by atoms with Gasteiger partial charge in [0, 0.05) is 19.2 Å². The molecule has 1 amide bonds. The molecule has 2 aliphatic rings. The molecule has 0 N–H and O–H groups in total. The summed E-state index contributed by atoms with van der Waals surface area (Å²) in [5.41, 5.74) is 3.05. The lowest BCUT2D eigenvalue weighted by molar-refractivity contribution is -0.125. The van der Waals surface area contributed by atoms with Crippen molar-refractivity contribution >= 4 is 5.91 Å². The lowest BCUT2D eigenvalue weighted by Crippen LogP contribution is -2.27. The van der Waals surface area contributed by atoms with Crippen LogP contribution in [-0.4, -0.2) is 23.9 Å². The molecule has 0 aromatic heterocycles. The molecule has 19 heavy (non-hydrogen) atoms. The number of likely N-dealkylation sites (tertiary alicyclic amines) is 1. The van der Waals surface area contributed by atoms with E-state index < -0.39 is 0 Å². The highest BCUT2D eigenvalue weighted by atomic mass is 16.2. The van der Waals surface area contributed by atoms with Crippen LogP contribution in [0.1, 0.15) is 53.4 Å². The third kappa shape index (κ3) is 3.29. The van der Waals surface area contributed by atoms with Crippen LogP contribution in [0, 0.1) is 11.3 Å². The van der Waals surface area contributed by atoms with E-state index in [1.807, 2.05) is 4.90 Å². The molecule has 0 spiro atoms. The Bertz CT molecular complexity index is 417. The molecular formula is C17H27NO. The van der Waals surface area contributed by atoms with Crippen molar-refractivity contribution in [3.05, 3.63) is 23.3 Å². The summed E-state index contributed by atoms with van der Waals surface area (Å²) < 4.78 is 0. The Balaban J connectivity index is 2.07. The summed E-state index contributed by atoms with van der Waals surface area (Å²) in [5.74, 6) is 0.843. The Hall–Kier alpha value is -1.05. The van der Waals surface area contributed by atoms with E-state index in [4.69, 9.17) is 0 Å². The summed E-state index contributed by atoms with van der Waals surface area (Å²) in [6.07, 6.45) is 8.70. The van der Waals surface area contributed by atoms with Gasteiger partial charge in [-0.3, -0.25) is 4.79 Å². The molecule has 1 fully saturated rings. The Labute approximate surface area is 117 Å². The minimum atomic E-state index is 0.186. The lowest BCUT2D eigenvalue weighted by Gasteiger charge is -2.33. The van der Waals surface area contributed by atoms with Crippen LogP contribution in [0.3, 0.4) is 0 Å². The highest BCUT2D eigenvalue weighted by Gasteiger charge is 2.27. The summed E-state index contributed by atoms with van der Waals surface area (Å²) in [6, 6.07) is 0. The van der Waals surface area contributed by atoms with Gasteiger partial charge in [-0.1, -0.05) is 32.4 Å². The zero-order chi connectivity index (χ0) is 14.0. The summed E-state index contributed by atoms with van der Waals surface area (Å²) in [5, 5.41) is 0. The molecule has 1 saturated heterocycles. The van der Waals surface area contributed by atoms with Crippen molar-refractivity contribution in [3.63, 3.8) is 0 Å². The molecular weight excluding hydrogens is 234 g/mol. The third-order valence-corrected chi connectivity index (χ3v) is 4.67. The molecule has 1 aliphatic heterocycles. The minimum absolute atomic E-state index is 0.186. The topological polar surface area (TPSA) is 20.3 Å². The van der Waals surface area contributed by atoms with Crippen LogP contribution in [0.2, 0.25) is 0 Å². The van der Waals surface area contributed by atoms with Crippen LogP contribution >= 0.6 is 0 Å². The molecule has 1 heterocycles. The number of allylic oxidation sites excluding steroid dienone is 3. The van der Waals surface area contributed by atoms with Crippen LogP contribution in [0.4, 0.5) is 0 Å². The number of hydrogen-bond donors (Lipinski definition) is 0. The van der Waals surface area contributed by atoms with Gasteiger partial charge in [0.1, 0.15) is 0 Å². The molecule has 2 nitrogen and oxygen atoms in total. The van der Waals surface area contributed by atoms with Gasteiger partial charge < -0.3 is 4.90 Å². The van der Waals surface area contributed by atoms with E-state index in [9.17, 15) is 4.79 Å². The molecule has 106 valence electrons. The number of carbonyl (C=O) groups excluding carboxylic acids is 1. The Morgan fingerprint density at radius 1 is 1.42 bits per heavy atom. The maximum atomic E-state index is 12.2. The van der Waals surface area contributed by atoms with E-state index >= 15 is 0 Å². The largest absolute Gasteiger partial charge is 0.339 e. The minimum Gasteiger partial charge on any atom is -0.339 e. The van der Waals surface area contributed by atoms with Gasteiger partial charge in [0.2, 0.25) is 5.91 Å². The van der Waals surface area contributed by atoms with Gasteiger partial charge in [0.05, 0.1) is 0 Å². The monoisotopic (exact) mass is 261 g/mol. The zero-order valence-electron chi connectivity index (χ0n) is 12.8. The van der Waals surface area contributed by atoms with Crippen LogP contribution in [0.25, 0.3) is 0 Å². The first-order valence-electron chi connectivity index (χ1n) is 7.57. The van der Waals surface area contributed by atoms with Crippen LogP contribution in [-0.2, 0) is 4.79 Å². The van der Waals surface area contributed by atoms with Crippen molar-refractivity contribution in [2.75, 3.05) is 13.1 Å². The summed E-state index contributed by atoms with van der Waals surface area (Å²) in [7, 11) is 0. The summed E-state index contributed by atoms with van der Waals surface area (Å²) >= 11 is 0. The molecule has 0 unspecified atom stereocenters. The fourth-order valence-corrected chi connectivity index (χ4v) is 3.41. The first-order chi connectivity index (χ1) is 8.90. The van der Waals surface area contributed by atoms with Crippen molar-refractivity contribution in [3.8, 4) is 0 Å². The third-order valence-electron chi connectivity index (χ3n) is 4.67. The van der Waals surface area contributed by atoms with Crippen molar-refractivity contribution in [2.45, 2.75) is 53.4 Å². The molecule has 1 atom stereocenters. The molecule has 1 aliphatic carbocycles. The standard InChI is InChI=1S/C17H27NO/c1-13-9-11-18(12-13)16(19)8-7-15-14(2)6-5-10-17(15,3)4/h7-8,13H,5-6,9-12H2,1-4H3/b8-7+/t13-/m1/s1. The van der Waals surface area contributed by atoms with E-state index in [0.717, 1.165) is 19.5 Å². The molecule has 0 saturated carbocycles. The van der Waals surface area contributed by atoms with Crippen LogP contribution in [0.5, 0.6) is 0 Å². The highest BCUT2D eigenvalue weighted by Crippen LogP contribution is 2.40. The van der Waals surface area contributed by atoms with Crippen LogP contribution in [0.15, 0.2) is 23.3 Å². The second kappa shape index (κ2) is 5.52. The second-order valence-corrected chi connectivity index (χ2v) is 6.94. The fraction of sp³-hybridized carbons (Fsp3) is 0.706. The van der Waals surface area contributed by atoms with E-state index in [-0.39, 0.29) is 11.3 Å². The zero-order valence-corrected chi connectivity index (χ0v) is 12.8. The summed E-state index contributed by atoms with van der Waals surface area (Å²) in [4.78, 5) is 14.1. The van der Waals surface area contributed by atoms with Crippen molar-refractivity contribution in [2.24, 2.45) is 11.3 Å². The average molecular weight is 261 g/mol. The highest BCUT2D eigenvalue weighted by molar-refractivity contribution is 5.88. The van der Waals surface area contributed by atoms with E-state index in [1.165, 1.54) is 30.4 Å². The molecule has 0 aromatic rings. The Kier molecular flexibility index (Phi) is 4.17. The number of hydrogen-bond acceptors (Lipinski definition) is 1. The molecule has 0 bridgehead atoms. The van der Waals surface area contributed by atoms with E-state index in [2.05, 4.69) is 33.8 Å². The molecule has 0 radical (unpaired) electrons. The lowest BCUT2D eigenvalue weighted by atomic mass is 9.72. The Morgan fingerprint density at radius 3 is 2.74 bits per heavy atom. The number of carbonyl (C=O) groups is 1. The normalized spacial score (nSPS) is 27.4. The maximum absolute atomic E-state index is 12.2. The molecule has 2 rings (SSSR count). The maximum Gasteiger partial charge on any atom is 0.246 e. The predicted octanol–water partition coefficient (Wildman–Crippen LogP) is 3.94. The van der Waals surface area contributed by atoms with Gasteiger partial charge in [0.25, 0.3) is 0 Å². The summed E-state index contributed by atoms with van der Waals surface area (Å²) in [6.45, 7) is 10.8. The van der Waals surface area contributed by atoms with Gasteiger partial charge in [0.15, 0.2) is 0 Å². The van der Waals surface area contributed by atoms with Gasteiger partial charge in [-0.15, -0.1) is 0 Å². The molecule has 2 heteroatoms. The first-order valence-corrected chi connectivity index (χ1v) is 7.57. The smallest absolute Gasteiger partial charge is 0.246 e.